The standard InChI is InChI=1S/C21H27N3O4/c1-4-15-10-7-9-14(3)18(15)22-17(25)12-23-19(26)20(27)24(21(23)28)16-11-6-5-8-13(16)2/h7,9-10,13,16H,4-6,8,11-12H2,1-3H3,(H,22,25)/t13-,16-/m1/s1. The Hall–Kier alpha value is -2.70. The van der Waals surface area contributed by atoms with E-state index < -0.39 is 30.3 Å². The summed E-state index contributed by atoms with van der Waals surface area (Å²) in [4.78, 5) is 52.0. The zero-order chi connectivity index (χ0) is 20.4. The van der Waals surface area contributed by atoms with Crippen LogP contribution in [0.3, 0.4) is 0 Å². The number of rotatable bonds is 5. The lowest BCUT2D eigenvalue weighted by atomic mass is 9.85. The van der Waals surface area contributed by atoms with Gasteiger partial charge < -0.3 is 5.32 Å². The summed E-state index contributed by atoms with van der Waals surface area (Å²) >= 11 is 0. The van der Waals surface area contributed by atoms with Crippen LogP contribution < -0.4 is 5.32 Å². The van der Waals surface area contributed by atoms with Gasteiger partial charge in [0.25, 0.3) is 0 Å². The van der Waals surface area contributed by atoms with Crippen molar-refractivity contribution in [2.24, 2.45) is 5.92 Å². The lowest BCUT2D eigenvalue weighted by molar-refractivity contribution is -0.145. The average molecular weight is 385 g/mol. The number of carbonyl (C=O) groups is 4. The number of para-hydroxylation sites is 1. The molecule has 0 radical (unpaired) electrons. The number of hydrogen-bond donors (Lipinski definition) is 1. The van der Waals surface area contributed by atoms with E-state index in [1.54, 1.807) is 0 Å². The molecule has 0 spiro atoms. The first-order valence-electron chi connectivity index (χ1n) is 9.92. The molecule has 1 N–H and O–H groups in total. The van der Waals surface area contributed by atoms with Gasteiger partial charge in [0.15, 0.2) is 0 Å². The third-order valence-electron chi connectivity index (χ3n) is 5.79. The van der Waals surface area contributed by atoms with Crippen molar-refractivity contribution < 1.29 is 19.2 Å². The van der Waals surface area contributed by atoms with Crippen LogP contribution in [0.2, 0.25) is 0 Å². The highest BCUT2D eigenvalue weighted by molar-refractivity contribution is 6.45. The van der Waals surface area contributed by atoms with E-state index in [0.29, 0.717) is 12.1 Å². The highest BCUT2D eigenvalue weighted by Crippen LogP contribution is 2.31. The third-order valence-corrected chi connectivity index (χ3v) is 5.79. The Morgan fingerprint density at radius 3 is 2.54 bits per heavy atom. The highest BCUT2D eigenvalue weighted by atomic mass is 16.2. The van der Waals surface area contributed by atoms with Gasteiger partial charge in [0.1, 0.15) is 6.54 Å². The van der Waals surface area contributed by atoms with Crippen LogP contribution in [0, 0.1) is 12.8 Å². The van der Waals surface area contributed by atoms with Gasteiger partial charge in [-0.2, -0.15) is 0 Å². The Labute approximate surface area is 165 Å². The summed E-state index contributed by atoms with van der Waals surface area (Å²) in [6.07, 6.45) is 4.35. The molecule has 150 valence electrons. The third kappa shape index (κ3) is 3.66. The van der Waals surface area contributed by atoms with Gasteiger partial charge in [-0.3, -0.25) is 19.3 Å². The van der Waals surface area contributed by atoms with Crippen molar-refractivity contribution in [1.29, 1.82) is 0 Å². The second kappa shape index (κ2) is 8.12. The maximum Gasteiger partial charge on any atom is 0.334 e. The first-order chi connectivity index (χ1) is 13.3. The van der Waals surface area contributed by atoms with E-state index in [0.717, 1.165) is 46.6 Å². The minimum Gasteiger partial charge on any atom is -0.324 e. The van der Waals surface area contributed by atoms with Crippen LogP contribution in [-0.4, -0.2) is 46.1 Å². The van der Waals surface area contributed by atoms with E-state index in [2.05, 4.69) is 5.32 Å². The second-order valence-corrected chi connectivity index (χ2v) is 7.69. The predicted octanol–water partition coefficient (Wildman–Crippen LogP) is 2.87. The highest BCUT2D eigenvalue weighted by Gasteiger charge is 2.49. The predicted molar refractivity (Wildman–Crippen MR) is 105 cm³/mol. The van der Waals surface area contributed by atoms with Gasteiger partial charge >= 0.3 is 17.8 Å². The number of benzene rings is 1. The molecule has 1 saturated heterocycles. The molecule has 3 rings (SSSR count). The van der Waals surface area contributed by atoms with Gasteiger partial charge in [-0.15, -0.1) is 0 Å². The first kappa shape index (κ1) is 20.0. The zero-order valence-electron chi connectivity index (χ0n) is 16.7. The molecule has 28 heavy (non-hydrogen) atoms. The Bertz CT molecular complexity index is 820. The molecule has 2 fully saturated rings. The Kier molecular flexibility index (Phi) is 5.82. The van der Waals surface area contributed by atoms with Crippen LogP contribution in [-0.2, 0) is 20.8 Å². The molecule has 7 heteroatoms. The van der Waals surface area contributed by atoms with Gasteiger partial charge in [0.05, 0.1) is 0 Å². The molecule has 1 aromatic rings. The molecule has 1 aromatic carbocycles. The Balaban J connectivity index is 1.74. The Morgan fingerprint density at radius 2 is 1.86 bits per heavy atom. The second-order valence-electron chi connectivity index (χ2n) is 7.69. The number of imide groups is 2. The molecule has 5 amide bonds. The monoisotopic (exact) mass is 385 g/mol. The Morgan fingerprint density at radius 1 is 1.14 bits per heavy atom. The van der Waals surface area contributed by atoms with E-state index in [4.69, 9.17) is 0 Å². The molecule has 1 saturated carbocycles. The number of nitrogens with zero attached hydrogens (tertiary/aromatic N) is 2. The number of urea groups is 1. The molecule has 2 atom stereocenters. The van der Waals surface area contributed by atoms with Gasteiger partial charge in [-0.1, -0.05) is 44.9 Å². The molecule has 0 unspecified atom stereocenters. The van der Waals surface area contributed by atoms with Gasteiger partial charge in [-0.25, -0.2) is 9.69 Å². The summed E-state index contributed by atoms with van der Waals surface area (Å²) in [6.45, 7) is 5.41. The van der Waals surface area contributed by atoms with Crippen molar-refractivity contribution in [3.05, 3.63) is 29.3 Å². The van der Waals surface area contributed by atoms with Crippen LogP contribution in [0.4, 0.5) is 10.5 Å². The molecule has 2 aliphatic rings. The first-order valence-corrected chi connectivity index (χ1v) is 9.92. The molecule has 0 aromatic heterocycles. The summed E-state index contributed by atoms with van der Waals surface area (Å²) < 4.78 is 0. The SMILES string of the molecule is CCc1cccc(C)c1NC(=O)CN1C(=O)C(=O)N([C@@H]2CCCC[C@H]2C)C1=O. The van der Waals surface area contributed by atoms with Gasteiger partial charge in [0.2, 0.25) is 5.91 Å². The van der Waals surface area contributed by atoms with Gasteiger partial charge in [0, 0.05) is 11.7 Å². The smallest absolute Gasteiger partial charge is 0.324 e. The minimum absolute atomic E-state index is 0.155. The summed E-state index contributed by atoms with van der Waals surface area (Å²) in [5.74, 6) is -2.07. The van der Waals surface area contributed by atoms with Crippen LogP contribution in [0.1, 0.15) is 50.7 Å². The van der Waals surface area contributed by atoms with Gasteiger partial charge in [-0.05, 0) is 43.2 Å². The van der Waals surface area contributed by atoms with E-state index in [-0.39, 0.29) is 12.0 Å². The van der Waals surface area contributed by atoms with E-state index >= 15 is 0 Å². The number of anilines is 1. The van der Waals surface area contributed by atoms with Crippen molar-refractivity contribution >= 4 is 29.4 Å². The van der Waals surface area contributed by atoms with Crippen LogP contribution in [0.5, 0.6) is 0 Å². The maximum absolute atomic E-state index is 12.8. The van der Waals surface area contributed by atoms with Crippen molar-refractivity contribution in [3.63, 3.8) is 0 Å². The largest absolute Gasteiger partial charge is 0.334 e. The van der Waals surface area contributed by atoms with E-state index in [1.807, 2.05) is 39.0 Å². The van der Waals surface area contributed by atoms with Crippen molar-refractivity contribution in [2.75, 3.05) is 11.9 Å². The summed E-state index contributed by atoms with van der Waals surface area (Å²) in [5, 5.41) is 2.80. The van der Waals surface area contributed by atoms with Crippen molar-refractivity contribution in [3.8, 4) is 0 Å². The molecule has 1 heterocycles. The topological polar surface area (TPSA) is 86.8 Å². The lowest BCUT2D eigenvalue weighted by Gasteiger charge is -2.34. The number of aryl methyl sites for hydroxylation is 2. The normalized spacial score (nSPS) is 22.8. The fourth-order valence-corrected chi connectivity index (χ4v) is 4.16. The summed E-state index contributed by atoms with van der Waals surface area (Å²) in [6, 6.07) is 4.78. The van der Waals surface area contributed by atoms with E-state index in [1.165, 1.54) is 0 Å². The van der Waals surface area contributed by atoms with Crippen LogP contribution >= 0.6 is 0 Å². The zero-order valence-corrected chi connectivity index (χ0v) is 16.7. The number of hydrogen-bond acceptors (Lipinski definition) is 4. The molecular weight excluding hydrogens is 358 g/mol. The number of amides is 5. The number of carbonyl (C=O) groups excluding carboxylic acids is 4. The average Bonchev–Trinajstić information content (AvgIpc) is 2.87. The van der Waals surface area contributed by atoms with E-state index in [9.17, 15) is 19.2 Å². The lowest BCUT2D eigenvalue weighted by Crippen LogP contribution is -2.46. The summed E-state index contributed by atoms with van der Waals surface area (Å²) in [7, 11) is 0. The van der Waals surface area contributed by atoms with Crippen molar-refractivity contribution in [2.45, 2.75) is 58.9 Å². The molecule has 1 aliphatic carbocycles. The maximum atomic E-state index is 12.8. The quantitative estimate of drug-likeness (QED) is 0.624. The van der Waals surface area contributed by atoms with Crippen LogP contribution in [0.25, 0.3) is 0 Å². The van der Waals surface area contributed by atoms with Crippen molar-refractivity contribution in [1.82, 2.24) is 9.80 Å². The fourth-order valence-electron chi connectivity index (χ4n) is 4.16. The molecule has 1 aliphatic heterocycles. The summed E-state index contributed by atoms with van der Waals surface area (Å²) in [5.41, 5.74) is 2.57. The molecule has 0 bridgehead atoms. The number of nitrogens with one attached hydrogen (secondary N) is 1. The molecular formula is C21H27N3O4. The minimum atomic E-state index is -0.918. The van der Waals surface area contributed by atoms with Crippen LogP contribution in [0.15, 0.2) is 18.2 Å². The fraction of sp³-hybridized carbons (Fsp3) is 0.524. The molecule has 7 nitrogen and oxygen atoms in total.